The van der Waals surface area contributed by atoms with Crippen molar-refractivity contribution in [2.45, 2.75) is 0 Å². The van der Waals surface area contributed by atoms with E-state index in [-0.39, 0.29) is 5.69 Å². The molecule has 0 aliphatic carbocycles. The highest BCUT2D eigenvalue weighted by molar-refractivity contribution is 6.02. The lowest BCUT2D eigenvalue weighted by Gasteiger charge is -2.07. The number of nitrogens with one attached hydrogen (secondary N) is 1. The van der Waals surface area contributed by atoms with Crippen molar-refractivity contribution in [2.75, 3.05) is 5.32 Å². The quantitative estimate of drug-likeness (QED) is 0.796. The number of amides is 1. The second kappa shape index (κ2) is 6.56. The standard InChI is InChI=1S/C15H10FN5O2/c16-10-1-2-20-14(3-10)15(22)21-11-4-12(6-17-5-11)23-13-7-18-9-19-8-13/h1-9H,(H,21,22). The Balaban J connectivity index is 1.74. The first-order valence-corrected chi connectivity index (χ1v) is 6.51. The van der Waals surface area contributed by atoms with Crippen molar-refractivity contribution in [3.8, 4) is 11.5 Å². The molecule has 3 rings (SSSR count). The van der Waals surface area contributed by atoms with Crippen LogP contribution in [-0.2, 0) is 0 Å². The summed E-state index contributed by atoms with van der Waals surface area (Å²) in [7, 11) is 0. The van der Waals surface area contributed by atoms with Gasteiger partial charge in [-0.05, 0) is 6.07 Å². The maximum Gasteiger partial charge on any atom is 0.274 e. The number of anilines is 1. The number of halogens is 1. The number of carbonyl (C=O) groups is 1. The Morgan fingerprint density at radius 1 is 1.04 bits per heavy atom. The van der Waals surface area contributed by atoms with E-state index in [1.807, 2.05) is 0 Å². The maximum absolute atomic E-state index is 13.1. The van der Waals surface area contributed by atoms with Gasteiger partial charge in [0.05, 0.1) is 30.5 Å². The summed E-state index contributed by atoms with van der Waals surface area (Å²) in [5.41, 5.74) is 0.350. The van der Waals surface area contributed by atoms with Gasteiger partial charge in [-0.3, -0.25) is 14.8 Å². The molecule has 3 aromatic heterocycles. The van der Waals surface area contributed by atoms with Gasteiger partial charge in [-0.25, -0.2) is 14.4 Å². The average molecular weight is 311 g/mol. The van der Waals surface area contributed by atoms with Crippen molar-refractivity contribution >= 4 is 11.6 Å². The molecule has 0 radical (unpaired) electrons. The lowest BCUT2D eigenvalue weighted by molar-refractivity contribution is 0.102. The van der Waals surface area contributed by atoms with Gasteiger partial charge in [-0.15, -0.1) is 0 Å². The predicted octanol–water partition coefficient (Wildman–Crippen LogP) is 2.45. The van der Waals surface area contributed by atoms with Crippen LogP contribution in [0.1, 0.15) is 10.5 Å². The first kappa shape index (κ1) is 14.5. The molecule has 0 spiro atoms. The molecule has 7 nitrogen and oxygen atoms in total. The van der Waals surface area contributed by atoms with Gasteiger partial charge in [0.1, 0.15) is 23.6 Å². The minimum absolute atomic E-state index is 0.0345. The largest absolute Gasteiger partial charge is 0.452 e. The highest BCUT2D eigenvalue weighted by atomic mass is 19.1. The maximum atomic E-state index is 13.1. The second-order valence-corrected chi connectivity index (χ2v) is 4.40. The molecule has 0 aliphatic rings. The fraction of sp³-hybridized carbons (Fsp3) is 0. The van der Waals surface area contributed by atoms with Gasteiger partial charge in [-0.1, -0.05) is 0 Å². The topological polar surface area (TPSA) is 89.9 Å². The zero-order valence-corrected chi connectivity index (χ0v) is 11.7. The molecule has 0 atom stereocenters. The zero-order chi connectivity index (χ0) is 16.1. The first-order valence-electron chi connectivity index (χ1n) is 6.51. The molecule has 23 heavy (non-hydrogen) atoms. The number of rotatable bonds is 4. The van der Waals surface area contributed by atoms with Crippen LogP contribution >= 0.6 is 0 Å². The van der Waals surface area contributed by atoms with Crippen LogP contribution in [0.15, 0.2) is 55.5 Å². The molecule has 0 fully saturated rings. The monoisotopic (exact) mass is 311 g/mol. The van der Waals surface area contributed by atoms with Crippen molar-refractivity contribution in [3.05, 3.63) is 67.0 Å². The van der Waals surface area contributed by atoms with E-state index in [0.717, 1.165) is 12.1 Å². The van der Waals surface area contributed by atoms with Gasteiger partial charge in [0.15, 0.2) is 5.75 Å². The Morgan fingerprint density at radius 3 is 2.61 bits per heavy atom. The summed E-state index contributed by atoms with van der Waals surface area (Å²) in [6.45, 7) is 0. The molecule has 0 bridgehead atoms. The van der Waals surface area contributed by atoms with Crippen LogP contribution in [0.3, 0.4) is 0 Å². The Kier molecular flexibility index (Phi) is 4.14. The summed E-state index contributed by atoms with van der Waals surface area (Å²) in [6.07, 6.45) is 8.50. The zero-order valence-electron chi connectivity index (χ0n) is 11.7. The molecule has 1 N–H and O–H groups in total. The number of aromatic nitrogens is 4. The molecule has 114 valence electrons. The molecular weight excluding hydrogens is 301 g/mol. The Hall–Kier alpha value is -3.42. The van der Waals surface area contributed by atoms with Gasteiger partial charge < -0.3 is 10.1 Å². The van der Waals surface area contributed by atoms with Crippen LogP contribution < -0.4 is 10.1 Å². The lowest BCUT2D eigenvalue weighted by Crippen LogP contribution is -2.14. The summed E-state index contributed by atoms with van der Waals surface area (Å²) in [6, 6.07) is 3.77. The molecule has 3 aromatic rings. The van der Waals surface area contributed by atoms with E-state index < -0.39 is 11.7 Å². The van der Waals surface area contributed by atoms with E-state index in [4.69, 9.17) is 4.74 Å². The molecule has 0 unspecified atom stereocenters. The Morgan fingerprint density at radius 2 is 1.83 bits per heavy atom. The molecule has 3 heterocycles. The van der Waals surface area contributed by atoms with Gasteiger partial charge in [0, 0.05) is 18.3 Å². The minimum atomic E-state index is -0.550. The number of hydrogen-bond acceptors (Lipinski definition) is 6. The van der Waals surface area contributed by atoms with Crippen LogP contribution in [0, 0.1) is 5.82 Å². The number of nitrogens with zero attached hydrogens (tertiary/aromatic N) is 4. The molecule has 8 heteroatoms. The molecule has 0 saturated heterocycles. The first-order chi connectivity index (χ1) is 11.2. The SMILES string of the molecule is O=C(Nc1cncc(Oc2cncnc2)c1)c1cc(F)ccn1. The van der Waals surface area contributed by atoms with Crippen LogP contribution in [0.4, 0.5) is 10.1 Å². The van der Waals surface area contributed by atoms with Gasteiger partial charge >= 0.3 is 0 Å². The fourth-order valence-corrected chi connectivity index (χ4v) is 1.74. The van der Waals surface area contributed by atoms with E-state index in [1.165, 1.54) is 37.3 Å². The normalized spacial score (nSPS) is 10.1. The summed E-state index contributed by atoms with van der Waals surface area (Å²) in [4.78, 5) is 27.4. The van der Waals surface area contributed by atoms with E-state index in [0.29, 0.717) is 17.2 Å². The van der Waals surface area contributed by atoms with Crippen LogP contribution in [0.2, 0.25) is 0 Å². The number of carbonyl (C=O) groups excluding carboxylic acids is 1. The number of ether oxygens (including phenoxy) is 1. The van der Waals surface area contributed by atoms with Crippen LogP contribution in [-0.4, -0.2) is 25.8 Å². The summed E-state index contributed by atoms with van der Waals surface area (Å²) < 4.78 is 18.6. The number of pyridine rings is 2. The third-order valence-corrected chi connectivity index (χ3v) is 2.70. The van der Waals surface area contributed by atoms with Crippen LogP contribution in [0.5, 0.6) is 11.5 Å². The third-order valence-electron chi connectivity index (χ3n) is 2.70. The van der Waals surface area contributed by atoms with Gasteiger partial charge in [0.2, 0.25) is 0 Å². The Labute approximate surface area is 130 Å². The van der Waals surface area contributed by atoms with Crippen molar-refractivity contribution in [3.63, 3.8) is 0 Å². The molecule has 1 amide bonds. The van der Waals surface area contributed by atoms with Crippen molar-refractivity contribution in [2.24, 2.45) is 0 Å². The fourth-order valence-electron chi connectivity index (χ4n) is 1.74. The van der Waals surface area contributed by atoms with Crippen LogP contribution in [0.25, 0.3) is 0 Å². The average Bonchev–Trinajstić information content (AvgIpc) is 2.56. The Bertz CT molecular complexity index is 829. The van der Waals surface area contributed by atoms with Crippen molar-refractivity contribution in [1.29, 1.82) is 0 Å². The molecule has 0 aromatic carbocycles. The van der Waals surface area contributed by atoms with E-state index in [1.54, 1.807) is 6.07 Å². The summed E-state index contributed by atoms with van der Waals surface area (Å²) in [5.74, 6) is -0.259. The minimum Gasteiger partial charge on any atom is -0.452 e. The summed E-state index contributed by atoms with van der Waals surface area (Å²) >= 11 is 0. The predicted molar refractivity (Wildman–Crippen MR) is 78.5 cm³/mol. The van der Waals surface area contributed by atoms with E-state index in [2.05, 4.69) is 25.3 Å². The molecule has 0 saturated carbocycles. The van der Waals surface area contributed by atoms with E-state index >= 15 is 0 Å². The van der Waals surface area contributed by atoms with Gasteiger partial charge in [-0.2, -0.15) is 0 Å². The van der Waals surface area contributed by atoms with E-state index in [9.17, 15) is 9.18 Å². The molecular formula is C15H10FN5O2. The summed E-state index contributed by atoms with van der Waals surface area (Å²) in [5, 5.41) is 2.57. The smallest absolute Gasteiger partial charge is 0.274 e. The van der Waals surface area contributed by atoms with Crippen molar-refractivity contribution < 1.29 is 13.9 Å². The lowest BCUT2D eigenvalue weighted by atomic mass is 10.3. The number of hydrogen-bond donors (Lipinski definition) is 1. The second-order valence-electron chi connectivity index (χ2n) is 4.40. The van der Waals surface area contributed by atoms with Gasteiger partial charge in [0.25, 0.3) is 5.91 Å². The van der Waals surface area contributed by atoms with Crippen molar-refractivity contribution in [1.82, 2.24) is 19.9 Å². The third kappa shape index (κ3) is 3.82. The highest BCUT2D eigenvalue weighted by Crippen LogP contribution is 2.21. The highest BCUT2D eigenvalue weighted by Gasteiger charge is 2.09. The molecule has 0 aliphatic heterocycles.